The van der Waals surface area contributed by atoms with Crippen molar-refractivity contribution in [1.82, 2.24) is 9.88 Å². The number of nitrogens with zero attached hydrogens (tertiary/aromatic N) is 3. The number of anilines is 1. The third-order valence-electron chi connectivity index (χ3n) is 3.65. The van der Waals surface area contributed by atoms with Gasteiger partial charge in [-0.05, 0) is 37.1 Å². The molecule has 1 aliphatic carbocycles. The van der Waals surface area contributed by atoms with E-state index in [0.29, 0.717) is 30.5 Å². The number of nitriles is 1. The summed E-state index contributed by atoms with van der Waals surface area (Å²) < 4.78 is 5.30. The molecule has 2 heterocycles. The molecule has 0 spiro atoms. The smallest absolute Gasteiger partial charge is 0.255 e. The van der Waals surface area contributed by atoms with Crippen LogP contribution < -0.4 is 5.32 Å². The number of hydrogen-bond donors (Lipinski definition) is 1. The van der Waals surface area contributed by atoms with Crippen LogP contribution in [0.5, 0.6) is 0 Å². The fourth-order valence-corrected chi connectivity index (χ4v) is 2.25. The van der Waals surface area contributed by atoms with Crippen molar-refractivity contribution < 1.29 is 9.21 Å². The predicted octanol–water partition coefficient (Wildman–Crippen LogP) is 2.80. The number of carbonyl (C=O) groups is 1. The third kappa shape index (κ3) is 4.10. The Morgan fingerprint density at radius 1 is 1.43 bits per heavy atom. The van der Waals surface area contributed by atoms with Crippen LogP contribution in [0.4, 0.5) is 5.82 Å². The molecule has 0 radical (unpaired) electrons. The van der Waals surface area contributed by atoms with Crippen molar-refractivity contribution in [3.05, 3.63) is 48.0 Å². The Balaban J connectivity index is 1.69. The highest BCUT2D eigenvalue weighted by molar-refractivity contribution is 5.94. The molecule has 0 unspecified atom stereocenters. The Labute approximate surface area is 134 Å². The van der Waals surface area contributed by atoms with Gasteiger partial charge in [0.05, 0.1) is 30.9 Å². The predicted molar refractivity (Wildman–Crippen MR) is 84.6 cm³/mol. The quantitative estimate of drug-likeness (QED) is 0.850. The van der Waals surface area contributed by atoms with Crippen LogP contribution in [0.2, 0.25) is 0 Å². The molecule has 3 rings (SSSR count). The Kier molecular flexibility index (Phi) is 4.57. The second kappa shape index (κ2) is 6.97. The van der Waals surface area contributed by atoms with Gasteiger partial charge < -0.3 is 14.6 Å². The summed E-state index contributed by atoms with van der Waals surface area (Å²) in [5, 5.41) is 12.1. The van der Waals surface area contributed by atoms with Gasteiger partial charge in [-0.25, -0.2) is 4.98 Å². The average Bonchev–Trinajstić information content (AvgIpc) is 3.23. The molecule has 6 nitrogen and oxygen atoms in total. The van der Waals surface area contributed by atoms with E-state index in [2.05, 4.69) is 16.4 Å². The van der Waals surface area contributed by atoms with Gasteiger partial charge in [0.25, 0.3) is 5.91 Å². The van der Waals surface area contributed by atoms with E-state index in [1.165, 1.54) is 12.8 Å². The fourth-order valence-electron chi connectivity index (χ4n) is 2.25. The third-order valence-corrected chi connectivity index (χ3v) is 3.65. The van der Waals surface area contributed by atoms with Crippen molar-refractivity contribution >= 4 is 11.7 Å². The molecule has 1 aliphatic rings. The summed E-state index contributed by atoms with van der Waals surface area (Å²) >= 11 is 0. The summed E-state index contributed by atoms with van der Waals surface area (Å²) in [5.74, 6) is 1.33. The van der Waals surface area contributed by atoms with E-state index in [0.717, 1.165) is 5.82 Å². The maximum Gasteiger partial charge on any atom is 0.255 e. The van der Waals surface area contributed by atoms with Crippen LogP contribution in [0.3, 0.4) is 0 Å². The van der Waals surface area contributed by atoms with Crippen molar-refractivity contribution in [3.8, 4) is 6.07 Å². The van der Waals surface area contributed by atoms with Gasteiger partial charge in [0.2, 0.25) is 0 Å². The minimum atomic E-state index is -0.151. The van der Waals surface area contributed by atoms with Crippen LogP contribution in [0.1, 0.15) is 35.4 Å². The molecule has 0 aromatic carbocycles. The zero-order valence-corrected chi connectivity index (χ0v) is 12.7. The van der Waals surface area contributed by atoms with E-state index < -0.39 is 0 Å². The zero-order chi connectivity index (χ0) is 16.1. The van der Waals surface area contributed by atoms with Crippen molar-refractivity contribution in [2.45, 2.75) is 31.8 Å². The lowest BCUT2D eigenvalue weighted by atomic mass is 10.2. The molecule has 118 valence electrons. The summed E-state index contributed by atoms with van der Waals surface area (Å²) in [6, 6.07) is 9.77. The Morgan fingerprint density at radius 3 is 2.91 bits per heavy atom. The van der Waals surface area contributed by atoms with E-state index >= 15 is 0 Å². The number of hydrogen-bond acceptors (Lipinski definition) is 5. The summed E-state index contributed by atoms with van der Waals surface area (Å²) in [6.45, 7) is 0.702. The highest BCUT2D eigenvalue weighted by atomic mass is 16.3. The molecular formula is C17H18N4O2. The maximum atomic E-state index is 12.6. The molecule has 2 aromatic rings. The van der Waals surface area contributed by atoms with Crippen LogP contribution in [-0.4, -0.2) is 28.4 Å². The summed E-state index contributed by atoms with van der Waals surface area (Å²) in [5.41, 5.74) is 0.510. The van der Waals surface area contributed by atoms with Crippen molar-refractivity contribution in [3.63, 3.8) is 0 Å². The molecule has 2 aromatic heterocycles. The van der Waals surface area contributed by atoms with Gasteiger partial charge >= 0.3 is 0 Å². The molecule has 1 N–H and O–H groups in total. The molecule has 0 bridgehead atoms. The molecule has 0 atom stereocenters. The molecule has 1 fully saturated rings. The Bertz CT molecular complexity index is 684. The van der Waals surface area contributed by atoms with E-state index in [-0.39, 0.29) is 12.3 Å². The summed E-state index contributed by atoms with van der Waals surface area (Å²) in [6.07, 6.45) is 5.78. The maximum absolute atomic E-state index is 12.6. The largest absolute Gasteiger partial charge is 0.467 e. The van der Waals surface area contributed by atoms with Crippen molar-refractivity contribution in [2.24, 2.45) is 0 Å². The standard InChI is InChI=1S/C17H18N4O2/c18-8-2-9-21(12-15-3-1-10-23-15)17(22)13-4-7-16(19-11-13)20-14-5-6-14/h1,3-4,7,10-11,14H,2,5-6,9,12H2,(H,19,20). The molecule has 23 heavy (non-hydrogen) atoms. The van der Waals surface area contributed by atoms with Crippen LogP contribution in [-0.2, 0) is 6.54 Å². The van der Waals surface area contributed by atoms with Crippen LogP contribution in [0.25, 0.3) is 0 Å². The van der Waals surface area contributed by atoms with Crippen LogP contribution in [0, 0.1) is 11.3 Å². The zero-order valence-electron chi connectivity index (χ0n) is 12.7. The lowest BCUT2D eigenvalue weighted by Crippen LogP contribution is -2.31. The van der Waals surface area contributed by atoms with Crippen LogP contribution >= 0.6 is 0 Å². The number of furan rings is 1. The normalized spacial score (nSPS) is 13.3. The topological polar surface area (TPSA) is 82.2 Å². The van der Waals surface area contributed by atoms with Gasteiger partial charge in [-0.2, -0.15) is 5.26 Å². The van der Waals surface area contributed by atoms with E-state index in [4.69, 9.17) is 9.68 Å². The van der Waals surface area contributed by atoms with E-state index in [9.17, 15) is 4.79 Å². The summed E-state index contributed by atoms with van der Waals surface area (Å²) in [4.78, 5) is 18.5. The van der Waals surface area contributed by atoms with Gasteiger partial charge in [0.1, 0.15) is 11.6 Å². The van der Waals surface area contributed by atoms with Gasteiger partial charge in [-0.1, -0.05) is 0 Å². The van der Waals surface area contributed by atoms with E-state index in [1.54, 1.807) is 29.5 Å². The van der Waals surface area contributed by atoms with Crippen LogP contribution in [0.15, 0.2) is 41.1 Å². The Morgan fingerprint density at radius 2 is 2.30 bits per heavy atom. The molecule has 1 amide bonds. The SMILES string of the molecule is N#CCCN(Cc1ccco1)C(=O)c1ccc(NC2CC2)nc1. The lowest BCUT2D eigenvalue weighted by Gasteiger charge is -2.20. The molecular weight excluding hydrogens is 292 g/mol. The molecule has 0 aliphatic heterocycles. The number of rotatable bonds is 7. The lowest BCUT2D eigenvalue weighted by molar-refractivity contribution is 0.0735. The van der Waals surface area contributed by atoms with Crippen molar-refractivity contribution in [2.75, 3.05) is 11.9 Å². The number of nitrogens with one attached hydrogen (secondary N) is 1. The molecule has 0 saturated heterocycles. The minimum Gasteiger partial charge on any atom is -0.467 e. The molecule has 1 saturated carbocycles. The Hall–Kier alpha value is -2.81. The monoisotopic (exact) mass is 310 g/mol. The highest BCUT2D eigenvalue weighted by Gasteiger charge is 2.22. The van der Waals surface area contributed by atoms with Gasteiger partial charge in [-0.15, -0.1) is 0 Å². The minimum absolute atomic E-state index is 0.151. The van der Waals surface area contributed by atoms with E-state index in [1.807, 2.05) is 12.1 Å². The highest BCUT2D eigenvalue weighted by Crippen LogP contribution is 2.23. The van der Waals surface area contributed by atoms with Gasteiger partial charge in [0.15, 0.2) is 0 Å². The first-order valence-corrected chi connectivity index (χ1v) is 7.67. The second-order valence-electron chi connectivity index (χ2n) is 5.56. The van der Waals surface area contributed by atoms with Gasteiger partial charge in [-0.3, -0.25) is 4.79 Å². The first kappa shape index (κ1) is 15.1. The number of pyridine rings is 1. The average molecular weight is 310 g/mol. The molecule has 6 heteroatoms. The van der Waals surface area contributed by atoms with Crippen molar-refractivity contribution in [1.29, 1.82) is 5.26 Å². The number of aromatic nitrogens is 1. The first-order chi connectivity index (χ1) is 11.3. The first-order valence-electron chi connectivity index (χ1n) is 7.67. The summed E-state index contributed by atoms with van der Waals surface area (Å²) in [7, 11) is 0. The number of carbonyl (C=O) groups excluding carboxylic acids is 1. The second-order valence-corrected chi connectivity index (χ2v) is 5.56. The number of amides is 1. The fraction of sp³-hybridized carbons (Fsp3) is 0.353. The van der Waals surface area contributed by atoms with Gasteiger partial charge in [0, 0.05) is 18.8 Å².